The van der Waals surface area contributed by atoms with E-state index in [0.717, 1.165) is 18.7 Å². The number of anilines is 1. The molecular weight excluding hydrogens is 374 g/mol. The molecular formula is C21H21N3O3S. The lowest BCUT2D eigenvalue weighted by molar-refractivity contribution is 0.219. The summed E-state index contributed by atoms with van der Waals surface area (Å²) in [6, 6.07) is 18.7. The summed E-state index contributed by atoms with van der Waals surface area (Å²) in [5.74, 6) is 0.615. The summed E-state index contributed by atoms with van der Waals surface area (Å²) in [5, 5.41) is 0. The molecule has 2 aromatic carbocycles. The van der Waals surface area contributed by atoms with Gasteiger partial charge >= 0.3 is 0 Å². The molecule has 1 unspecified atom stereocenters. The number of ether oxygens (including phenoxy) is 1. The van der Waals surface area contributed by atoms with Crippen LogP contribution in [-0.2, 0) is 27.7 Å². The van der Waals surface area contributed by atoms with Crippen LogP contribution in [0.1, 0.15) is 11.1 Å². The summed E-state index contributed by atoms with van der Waals surface area (Å²) in [7, 11) is -3.70. The number of sulfonamides is 1. The van der Waals surface area contributed by atoms with Gasteiger partial charge in [0.1, 0.15) is 12.4 Å². The molecule has 1 N–H and O–H groups in total. The highest BCUT2D eigenvalue weighted by Gasteiger charge is 2.24. The third-order valence-corrected chi connectivity index (χ3v) is 5.95. The van der Waals surface area contributed by atoms with E-state index in [1.165, 1.54) is 11.8 Å². The largest absolute Gasteiger partial charge is 0.588 e. The van der Waals surface area contributed by atoms with Gasteiger partial charge in [-0.2, -0.15) is 0 Å². The first-order valence-electron chi connectivity index (χ1n) is 9.05. The molecule has 1 aliphatic rings. The maximum Gasteiger partial charge on any atom is 0.184 e. The molecule has 0 spiro atoms. The van der Waals surface area contributed by atoms with Gasteiger partial charge in [0.25, 0.3) is 0 Å². The molecule has 0 radical (unpaired) electrons. The first kappa shape index (κ1) is 18.6. The molecule has 1 aliphatic heterocycles. The van der Waals surface area contributed by atoms with Crippen molar-refractivity contribution in [3.05, 3.63) is 84.2 Å². The van der Waals surface area contributed by atoms with Crippen molar-refractivity contribution in [1.82, 2.24) is 9.88 Å². The lowest BCUT2D eigenvalue weighted by Gasteiger charge is -2.19. The highest BCUT2D eigenvalue weighted by molar-refractivity contribution is 7.98. The smallest absolute Gasteiger partial charge is 0.184 e. The topological polar surface area (TPSA) is 77.5 Å². The van der Waals surface area contributed by atoms with Crippen molar-refractivity contribution in [1.29, 1.82) is 0 Å². The number of fused-ring (bicyclic) bond motifs is 1. The molecule has 4 rings (SSSR count). The van der Waals surface area contributed by atoms with Crippen LogP contribution in [0.3, 0.4) is 0 Å². The van der Waals surface area contributed by atoms with E-state index in [4.69, 9.17) is 4.74 Å². The molecule has 0 saturated heterocycles. The zero-order chi connectivity index (χ0) is 19.4. The van der Waals surface area contributed by atoms with Crippen LogP contribution < -0.4 is 9.46 Å². The van der Waals surface area contributed by atoms with Crippen molar-refractivity contribution in [2.75, 3.05) is 17.9 Å². The average Bonchev–Trinajstić information content (AvgIpc) is 2.90. The SMILES string of the molecule is O=[S+]([O-])(Nc1cccnc1)c1ccc2c(c1)OCCN(Cc1ccccc1)C2. The van der Waals surface area contributed by atoms with Gasteiger partial charge in [-0.25, -0.2) is 4.72 Å². The molecule has 6 nitrogen and oxygen atoms in total. The molecule has 0 amide bonds. The quantitative estimate of drug-likeness (QED) is 0.669. The summed E-state index contributed by atoms with van der Waals surface area (Å²) in [6.07, 6.45) is 3.06. The van der Waals surface area contributed by atoms with Crippen LogP contribution in [0.5, 0.6) is 5.75 Å². The summed E-state index contributed by atoms with van der Waals surface area (Å²) >= 11 is 0. The van der Waals surface area contributed by atoms with Crippen molar-refractivity contribution in [3.8, 4) is 5.75 Å². The van der Waals surface area contributed by atoms with Crippen molar-refractivity contribution >= 4 is 16.1 Å². The summed E-state index contributed by atoms with van der Waals surface area (Å²) in [5.41, 5.74) is 2.65. The molecule has 0 fully saturated rings. The monoisotopic (exact) mass is 395 g/mol. The van der Waals surface area contributed by atoms with Crippen LogP contribution in [0.15, 0.2) is 78.0 Å². The van der Waals surface area contributed by atoms with E-state index in [-0.39, 0.29) is 4.90 Å². The molecule has 2 heterocycles. The zero-order valence-corrected chi connectivity index (χ0v) is 16.1. The van der Waals surface area contributed by atoms with Gasteiger partial charge in [0, 0.05) is 37.5 Å². The Morgan fingerprint density at radius 2 is 2.00 bits per heavy atom. The van der Waals surface area contributed by atoms with Crippen LogP contribution in [0.4, 0.5) is 5.69 Å². The molecule has 1 atom stereocenters. The second-order valence-corrected chi connectivity index (χ2v) is 8.34. The number of hydrogen-bond acceptors (Lipinski definition) is 5. The normalized spacial score (nSPS) is 16.3. The molecule has 144 valence electrons. The van der Waals surface area contributed by atoms with E-state index in [1.807, 2.05) is 24.3 Å². The number of rotatable bonds is 5. The molecule has 7 heteroatoms. The molecule has 3 aromatic rings. The minimum absolute atomic E-state index is 0.173. The highest BCUT2D eigenvalue weighted by Crippen LogP contribution is 2.29. The van der Waals surface area contributed by atoms with Gasteiger partial charge in [-0.1, -0.05) is 34.5 Å². The van der Waals surface area contributed by atoms with Gasteiger partial charge in [0.15, 0.2) is 15.3 Å². The maximum atomic E-state index is 12.7. The van der Waals surface area contributed by atoms with Gasteiger partial charge in [-0.3, -0.25) is 9.88 Å². The molecule has 0 bridgehead atoms. The minimum Gasteiger partial charge on any atom is -0.588 e. The number of benzene rings is 2. The third-order valence-electron chi connectivity index (χ3n) is 4.57. The Bertz CT molecular complexity index is 983. The Morgan fingerprint density at radius 3 is 2.79 bits per heavy atom. The first-order chi connectivity index (χ1) is 13.6. The highest BCUT2D eigenvalue weighted by atomic mass is 32.3. The van der Waals surface area contributed by atoms with E-state index < -0.39 is 10.4 Å². The van der Waals surface area contributed by atoms with Crippen LogP contribution in [-0.4, -0.2) is 27.6 Å². The Morgan fingerprint density at radius 1 is 1.14 bits per heavy atom. The number of nitrogens with zero attached hydrogens (tertiary/aromatic N) is 2. The van der Waals surface area contributed by atoms with Crippen molar-refractivity contribution in [2.24, 2.45) is 0 Å². The van der Waals surface area contributed by atoms with Gasteiger partial charge in [-0.15, -0.1) is 0 Å². The van der Waals surface area contributed by atoms with Crippen molar-refractivity contribution in [2.45, 2.75) is 18.0 Å². The predicted octanol–water partition coefficient (Wildman–Crippen LogP) is 3.49. The first-order valence-corrected chi connectivity index (χ1v) is 10.5. The molecule has 28 heavy (non-hydrogen) atoms. The second-order valence-electron chi connectivity index (χ2n) is 6.66. The van der Waals surface area contributed by atoms with E-state index in [2.05, 4.69) is 26.7 Å². The van der Waals surface area contributed by atoms with Crippen LogP contribution in [0.25, 0.3) is 0 Å². The number of pyridine rings is 1. The molecule has 0 aliphatic carbocycles. The predicted molar refractivity (Wildman–Crippen MR) is 107 cm³/mol. The van der Waals surface area contributed by atoms with E-state index in [1.54, 1.807) is 30.5 Å². The third kappa shape index (κ3) is 4.39. The summed E-state index contributed by atoms with van der Waals surface area (Å²) in [6.45, 7) is 2.83. The fourth-order valence-corrected chi connectivity index (χ4v) is 4.24. The van der Waals surface area contributed by atoms with Gasteiger partial charge in [0.2, 0.25) is 0 Å². The van der Waals surface area contributed by atoms with Gasteiger partial charge in [0.05, 0.1) is 11.9 Å². The maximum absolute atomic E-state index is 12.7. The molecule has 0 saturated carbocycles. The summed E-state index contributed by atoms with van der Waals surface area (Å²) < 4.78 is 33.7. The Kier molecular flexibility index (Phi) is 5.38. The minimum atomic E-state index is -3.70. The van der Waals surface area contributed by atoms with E-state index >= 15 is 0 Å². The van der Waals surface area contributed by atoms with Crippen LogP contribution in [0.2, 0.25) is 0 Å². The number of hydrogen-bond donors (Lipinski definition) is 1. The van der Waals surface area contributed by atoms with Crippen molar-refractivity contribution in [3.63, 3.8) is 0 Å². The van der Waals surface area contributed by atoms with E-state index in [0.29, 0.717) is 24.6 Å². The van der Waals surface area contributed by atoms with Gasteiger partial charge < -0.3 is 9.29 Å². The van der Waals surface area contributed by atoms with Crippen LogP contribution >= 0.6 is 0 Å². The van der Waals surface area contributed by atoms with E-state index in [9.17, 15) is 8.76 Å². The fourth-order valence-electron chi connectivity index (χ4n) is 3.19. The van der Waals surface area contributed by atoms with Crippen molar-refractivity contribution < 1.29 is 13.5 Å². The lowest BCUT2D eigenvalue weighted by atomic mass is 10.1. The second kappa shape index (κ2) is 8.10. The Labute approximate surface area is 165 Å². The van der Waals surface area contributed by atoms with Crippen LogP contribution in [0, 0.1) is 0 Å². The fraction of sp³-hybridized carbons (Fsp3) is 0.190. The number of nitrogens with one attached hydrogen (secondary N) is 1. The standard InChI is InChI=1S/C21H21N3O3S/c25-28(26,23-19-7-4-10-22-14-19)20-9-8-18-16-24(11-12-27-21(18)13-20)15-17-5-2-1-3-6-17/h1-10,13-14H,11-12,15-16H2,(H-,23,25,26). The molecule has 1 aromatic heterocycles. The Balaban J connectivity index is 1.52. The van der Waals surface area contributed by atoms with Gasteiger partial charge in [-0.05, 0) is 29.8 Å². The summed E-state index contributed by atoms with van der Waals surface area (Å²) in [4.78, 5) is 6.40. The zero-order valence-electron chi connectivity index (χ0n) is 15.3. The lowest BCUT2D eigenvalue weighted by Crippen LogP contribution is -2.25. The average molecular weight is 395 g/mol. The number of aromatic nitrogens is 1. The Hall–Kier alpha value is -2.74.